The smallest absolute Gasteiger partial charge is 0.0994 e. The summed E-state index contributed by atoms with van der Waals surface area (Å²) in [5.41, 5.74) is 2.63. The summed E-state index contributed by atoms with van der Waals surface area (Å²) in [6, 6.07) is 7.66. The van der Waals surface area contributed by atoms with Crippen molar-refractivity contribution < 1.29 is 4.57 Å². The van der Waals surface area contributed by atoms with Crippen LogP contribution in [0, 0.1) is 29.6 Å². The fourth-order valence-electron chi connectivity index (χ4n) is 1.87. The van der Waals surface area contributed by atoms with E-state index in [4.69, 9.17) is 10.5 Å². The maximum atomic E-state index is 12.5. The van der Waals surface area contributed by atoms with Crippen LogP contribution in [0.2, 0.25) is 0 Å². The van der Waals surface area contributed by atoms with Gasteiger partial charge in [-0.2, -0.15) is 10.5 Å². The lowest BCUT2D eigenvalue weighted by Gasteiger charge is -2.15. The third-order valence-electron chi connectivity index (χ3n) is 3.30. The topological polar surface area (TPSA) is 64.7 Å². The van der Waals surface area contributed by atoms with Crippen LogP contribution in [0.15, 0.2) is 12.1 Å². The summed E-state index contributed by atoms with van der Waals surface area (Å²) in [4.78, 5) is 0. The molecule has 0 spiro atoms. The van der Waals surface area contributed by atoms with Gasteiger partial charge in [-0.3, -0.25) is 0 Å². The van der Waals surface area contributed by atoms with Crippen LogP contribution >= 0.6 is 7.14 Å². The molecular weight excluding hydrogens is 243 g/mol. The van der Waals surface area contributed by atoms with E-state index in [1.165, 1.54) is 0 Å². The molecule has 0 bridgehead atoms. The van der Waals surface area contributed by atoms with Gasteiger partial charge in [0.15, 0.2) is 0 Å². The summed E-state index contributed by atoms with van der Waals surface area (Å²) in [7, 11) is -2.25. The Kier molecular flexibility index (Phi) is 4.71. The second-order valence-corrected chi connectivity index (χ2v) is 8.09. The first-order valence-corrected chi connectivity index (χ1v) is 8.26. The predicted octanol–water partition coefficient (Wildman–Crippen LogP) is 3.64. The van der Waals surface area contributed by atoms with E-state index in [2.05, 4.69) is 12.1 Å². The van der Waals surface area contributed by atoms with Crippen LogP contribution < -0.4 is 0 Å². The van der Waals surface area contributed by atoms with Crippen molar-refractivity contribution in [1.82, 2.24) is 0 Å². The summed E-state index contributed by atoms with van der Waals surface area (Å²) in [5.74, 6) is 0. The molecule has 0 amide bonds. The highest BCUT2D eigenvalue weighted by Gasteiger charge is 2.20. The van der Waals surface area contributed by atoms with Crippen molar-refractivity contribution >= 4 is 7.14 Å². The maximum absolute atomic E-state index is 12.5. The molecule has 0 heterocycles. The molecule has 0 saturated carbocycles. The van der Waals surface area contributed by atoms with Crippen molar-refractivity contribution in [3.63, 3.8) is 0 Å². The Balaban J connectivity index is 3.29. The van der Waals surface area contributed by atoms with Crippen molar-refractivity contribution in [3.05, 3.63) is 34.4 Å². The fraction of sp³-hybridized carbons (Fsp3) is 0.429. The Morgan fingerprint density at radius 2 is 1.67 bits per heavy atom. The van der Waals surface area contributed by atoms with Crippen molar-refractivity contribution in [3.8, 4) is 12.1 Å². The Morgan fingerprint density at radius 3 is 2.11 bits per heavy atom. The van der Waals surface area contributed by atoms with Gasteiger partial charge in [0.05, 0.1) is 30.4 Å². The highest BCUT2D eigenvalue weighted by Crippen LogP contribution is 2.48. The molecule has 4 heteroatoms. The van der Waals surface area contributed by atoms with Crippen molar-refractivity contribution in [2.75, 3.05) is 12.3 Å². The van der Waals surface area contributed by atoms with Crippen LogP contribution in [0.1, 0.15) is 36.1 Å². The zero-order chi connectivity index (χ0) is 13.8. The van der Waals surface area contributed by atoms with E-state index in [1.54, 1.807) is 12.1 Å². The maximum Gasteiger partial charge on any atom is 0.0994 e. The molecule has 0 atom stereocenters. The molecule has 18 heavy (non-hydrogen) atoms. The highest BCUT2D eigenvalue weighted by atomic mass is 31.2. The molecule has 0 fully saturated rings. The Bertz CT molecular complexity index is 571. The van der Waals surface area contributed by atoms with E-state index in [1.807, 2.05) is 20.8 Å². The van der Waals surface area contributed by atoms with Gasteiger partial charge in [-0.05, 0) is 42.5 Å². The van der Waals surface area contributed by atoms with Gasteiger partial charge < -0.3 is 4.57 Å². The van der Waals surface area contributed by atoms with Crippen LogP contribution in [0.4, 0.5) is 0 Å². The Morgan fingerprint density at radius 1 is 1.11 bits per heavy atom. The first kappa shape index (κ1) is 14.5. The van der Waals surface area contributed by atoms with E-state index < -0.39 is 7.14 Å². The fourth-order valence-corrected chi connectivity index (χ4v) is 3.64. The predicted molar refractivity (Wildman–Crippen MR) is 73.0 cm³/mol. The van der Waals surface area contributed by atoms with Crippen LogP contribution in [0.25, 0.3) is 0 Å². The molecule has 0 unspecified atom stereocenters. The van der Waals surface area contributed by atoms with Crippen molar-refractivity contribution in [2.24, 2.45) is 0 Å². The molecular formula is C14H17N2OP. The molecule has 0 saturated heterocycles. The summed E-state index contributed by atoms with van der Waals surface area (Å²) in [5, 5.41) is 18.1. The largest absolute Gasteiger partial charge is 0.323 e. The van der Waals surface area contributed by atoms with Crippen LogP contribution in [-0.2, 0) is 10.7 Å². The van der Waals surface area contributed by atoms with Gasteiger partial charge in [0, 0.05) is 6.16 Å². The zero-order valence-electron chi connectivity index (χ0n) is 11.0. The molecule has 0 aliphatic heterocycles. The van der Waals surface area contributed by atoms with Crippen molar-refractivity contribution in [2.45, 2.75) is 26.9 Å². The number of benzene rings is 1. The Labute approximate surface area is 108 Å². The average molecular weight is 260 g/mol. The summed E-state index contributed by atoms with van der Waals surface area (Å²) < 4.78 is 12.5. The summed E-state index contributed by atoms with van der Waals surface area (Å²) in [6.45, 7) is 5.63. The number of aryl methyl sites for hydroxylation is 1. The molecule has 1 aromatic rings. The zero-order valence-corrected chi connectivity index (χ0v) is 11.9. The van der Waals surface area contributed by atoms with E-state index in [0.717, 1.165) is 11.1 Å². The SMILES string of the molecule is CCP(=O)(CC)Cc1cc(C#N)c(C)cc1C#N. The molecule has 1 rings (SSSR count). The number of hydrogen-bond donors (Lipinski definition) is 0. The van der Waals surface area contributed by atoms with Crippen LogP contribution in [0.5, 0.6) is 0 Å². The lowest BCUT2D eigenvalue weighted by Crippen LogP contribution is -1.99. The minimum absolute atomic E-state index is 0.415. The molecule has 0 aliphatic carbocycles. The van der Waals surface area contributed by atoms with E-state index in [0.29, 0.717) is 29.6 Å². The van der Waals surface area contributed by atoms with Crippen LogP contribution in [-0.4, -0.2) is 12.3 Å². The third-order valence-corrected chi connectivity index (χ3v) is 6.52. The minimum atomic E-state index is -2.25. The van der Waals surface area contributed by atoms with E-state index >= 15 is 0 Å². The van der Waals surface area contributed by atoms with E-state index in [-0.39, 0.29) is 0 Å². The van der Waals surface area contributed by atoms with Gasteiger partial charge in [-0.25, -0.2) is 0 Å². The first-order chi connectivity index (χ1) is 8.49. The van der Waals surface area contributed by atoms with Gasteiger partial charge in [-0.15, -0.1) is 0 Å². The third kappa shape index (κ3) is 3.00. The normalized spacial score (nSPS) is 10.7. The summed E-state index contributed by atoms with van der Waals surface area (Å²) >= 11 is 0. The number of hydrogen-bond acceptors (Lipinski definition) is 3. The molecule has 1 aromatic carbocycles. The van der Waals surface area contributed by atoms with Gasteiger partial charge in [0.25, 0.3) is 0 Å². The van der Waals surface area contributed by atoms with Gasteiger partial charge in [-0.1, -0.05) is 13.8 Å². The molecule has 0 aromatic heterocycles. The second-order valence-electron chi connectivity index (χ2n) is 4.40. The number of nitrogens with zero attached hydrogens (tertiary/aromatic N) is 2. The molecule has 0 aliphatic rings. The van der Waals surface area contributed by atoms with Gasteiger partial charge in [0.2, 0.25) is 0 Å². The van der Waals surface area contributed by atoms with Crippen LogP contribution in [0.3, 0.4) is 0 Å². The molecule has 0 radical (unpaired) electrons. The highest BCUT2D eigenvalue weighted by molar-refractivity contribution is 7.63. The molecule has 94 valence electrons. The molecule has 0 N–H and O–H groups in total. The van der Waals surface area contributed by atoms with Gasteiger partial charge in [0.1, 0.15) is 0 Å². The monoisotopic (exact) mass is 260 g/mol. The second kappa shape index (κ2) is 5.85. The quantitative estimate of drug-likeness (QED) is 0.776. The average Bonchev–Trinajstić information content (AvgIpc) is 2.40. The first-order valence-electron chi connectivity index (χ1n) is 6.00. The number of nitriles is 2. The van der Waals surface area contributed by atoms with Gasteiger partial charge >= 0.3 is 0 Å². The number of rotatable bonds is 4. The van der Waals surface area contributed by atoms with E-state index in [9.17, 15) is 4.57 Å². The molecule has 3 nitrogen and oxygen atoms in total. The standard InChI is InChI=1S/C14H17N2OP/c1-4-18(17,5-2)10-14-7-12(8-15)11(3)6-13(14)9-16/h6-7H,4-5,10H2,1-3H3. The summed E-state index contributed by atoms with van der Waals surface area (Å²) in [6.07, 6.45) is 1.67. The minimum Gasteiger partial charge on any atom is -0.323 e. The lowest BCUT2D eigenvalue weighted by atomic mass is 10.0. The Hall–Kier alpha value is -1.57. The lowest BCUT2D eigenvalue weighted by molar-refractivity contribution is 0.575. The van der Waals surface area contributed by atoms with Crippen molar-refractivity contribution in [1.29, 1.82) is 10.5 Å².